The second-order valence-corrected chi connectivity index (χ2v) is 5.32. The van der Waals surface area contributed by atoms with Gasteiger partial charge in [0.2, 0.25) is 0 Å². The first-order valence-electron chi connectivity index (χ1n) is 5.68. The minimum Gasteiger partial charge on any atom is -0.423 e. The molecule has 0 bridgehead atoms. The summed E-state index contributed by atoms with van der Waals surface area (Å²) >= 11 is 0. The molecular formula is C12H19BFNO3. The minimum atomic E-state index is -1.33. The zero-order valence-corrected chi connectivity index (χ0v) is 11.1. The van der Waals surface area contributed by atoms with E-state index in [0.29, 0.717) is 0 Å². The molecule has 0 saturated carbocycles. The molecule has 100 valence electrons. The Morgan fingerprint density at radius 2 is 1.83 bits per heavy atom. The molecule has 0 aromatic heterocycles. The summed E-state index contributed by atoms with van der Waals surface area (Å²) < 4.78 is 18.6. The van der Waals surface area contributed by atoms with Crippen molar-refractivity contribution in [2.24, 2.45) is 0 Å². The Kier molecular flexibility index (Phi) is 4.05. The number of anilines is 1. The lowest BCUT2D eigenvalue weighted by Gasteiger charge is -2.38. The van der Waals surface area contributed by atoms with Crippen LogP contribution in [-0.2, 0) is 4.65 Å². The lowest BCUT2D eigenvalue weighted by Crippen LogP contribution is -2.53. The molecule has 4 nitrogen and oxygen atoms in total. The maximum absolute atomic E-state index is 13.3. The highest BCUT2D eigenvalue weighted by molar-refractivity contribution is 6.60. The van der Waals surface area contributed by atoms with Crippen LogP contribution >= 0.6 is 0 Å². The fraction of sp³-hybridized carbons (Fsp3) is 0.500. The lowest BCUT2D eigenvalue weighted by molar-refractivity contribution is -0.0982. The normalized spacial score (nSPS) is 12.6. The van der Waals surface area contributed by atoms with Crippen molar-refractivity contribution in [2.75, 3.05) is 5.73 Å². The number of rotatable bonds is 4. The second kappa shape index (κ2) is 4.88. The van der Waals surface area contributed by atoms with Crippen molar-refractivity contribution in [1.29, 1.82) is 0 Å². The van der Waals surface area contributed by atoms with Crippen LogP contribution < -0.4 is 11.2 Å². The lowest BCUT2D eigenvalue weighted by atomic mass is 9.76. The van der Waals surface area contributed by atoms with E-state index in [-0.39, 0.29) is 11.2 Å². The van der Waals surface area contributed by atoms with Gasteiger partial charge >= 0.3 is 7.12 Å². The van der Waals surface area contributed by atoms with Crippen LogP contribution in [0.1, 0.15) is 27.7 Å². The molecule has 1 aromatic carbocycles. The zero-order chi connectivity index (χ0) is 14.1. The summed E-state index contributed by atoms with van der Waals surface area (Å²) in [4.78, 5) is 0. The molecular weight excluding hydrogens is 236 g/mol. The van der Waals surface area contributed by atoms with E-state index in [1.54, 1.807) is 27.7 Å². The van der Waals surface area contributed by atoms with Crippen LogP contribution in [0.3, 0.4) is 0 Å². The summed E-state index contributed by atoms with van der Waals surface area (Å²) in [7, 11) is -1.33. The van der Waals surface area contributed by atoms with Gasteiger partial charge in [0.05, 0.1) is 16.9 Å². The van der Waals surface area contributed by atoms with Gasteiger partial charge in [-0.25, -0.2) is 4.39 Å². The number of nitrogens with two attached hydrogens (primary N) is 1. The molecule has 0 fully saturated rings. The Morgan fingerprint density at radius 3 is 2.28 bits per heavy atom. The predicted molar refractivity (Wildman–Crippen MR) is 69.9 cm³/mol. The molecule has 0 atom stereocenters. The molecule has 1 aromatic rings. The average molecular weight is 255 g/mol. The SMILES string of the molecule is CC(C)(O)C(C)(C)OB(O)c1ccc(N)c(F)c1. The van der Waals surface area contributed by atoms with Crippen molar-refractivity contribution in [3.05, 3.63) is 24.0 Å². The third-order valence-electron chi connectivity index (χ3n) is 3.19. The van der Waals surface area contributed by atoms with Gasteiger partial charge in [-0.2, -0.15) is 0 Å². The standard InChI is InChI=1S/C12H19BFNO3/c1-11(2,16)12(3,4)18-13(17)8-5-6-10(15)9(14)7-8/h5-7,16-17H,15H2,1-4H3. The Hall–Kier alpha value is -1.11. The monoisotopic (exact) mass is 255 g/mol. The van der Waals surface area contributed by atoms with Crippen molar-refractivity contribution in [2.45, 2.75) is 38.9 Å². The van der Waals surface area contributed by atoms with Gasteiger partial charge in [0.15, 0.2) is 0 Å². The molecule has 0 unspecified atom stereocenters. The van der Waals surface area contributed by atoms with Crippen LogP contribution in [0, 0.1) is 5.82 Å². The number of benzene rings is 1. The summed E-state index contributed by atoms with van der Waals surface area (Å²) in [6, 6.07) is 3.94. The first kappa shape index (κ1) is 15.0. The largest absolute Gasteiger partial charge is 0.491 e. The van der Waals surface area contributed by atoms with Crippen molar-refractivity contribution >= 4 is 18.3 Å². The molecule has 0 heterocycles. The predicted octanol–water partition coefficient (Wildman–Crippen LogP) is 0.661. The molecule has 6 heteroatoms. The summed E-state index contributed by atoms with van der Waals surface area (Å²) in [6.45, 7) is 6.43. The Labute approximate surface area is 107 Å². The van der Waals surface area contributed by atoms with Crippen molar-refractivity contribution in [3.8, 4) is 0 Å². The highest BCUT2D eigenvalue weighted by atomic mass is 19.1. The first-order chi connectivity index (χ1) is 8.04. The van der Waals surface area contributed by atoms with Gasteiger partial charge in [0.25, 0.3) is 0 Å². The molecule has 18 heavy (non-hydrogen) atoms. The van der Waals surface area contributed by atoms with Crippen LogP contribution in [0.15, 0.2) is 18.2 Å². The van der Waals surface area contributed by atoms with Crippen LogP contribution in [0.4, 0.5) is 10.1 Å². The Bertz CT molecular complexity index is 432. The first-order valence-corrected chi connectivity index (χ1v) is 5.68. The second-order valence-electron chi connectivity index (χ2n) is 5.32. The van der Waals surface area contributed by atoms with Crippen LogP contribution in [0.25, 0.3) is 0 Å². The van der Waals surface area contributed by atoms with E-state index < -0.39 is 24.1 Å². The van der Waals surface area contributed by atoms with Crippen LogP contribution in [0.2, 0.25) is 0 Å². The van der Waals surface area contributed by atoms with E-state index in [1.807, 2.05) is 0 Å². The summed E-state index contributed by atoms with van der Waals surface area (Å²) in [5, 5.41) is 19.8. The maximum Gasteiger partial charge on any atom is 0.491 e. The van der Waals surface area contributed by atoms with Crippen molar-refractivity contribution < 1.29 is 19.2 Å². The molecule has 0 aliphatic carbocycles. The molecule has 0 spiro atoms. The van der Waals surface area contributed by atoms with Gasteiger partial charge in [0.1, 0.15) is 5.82 Å². The van der Waals surface area contributed by atoms with Crippen molar-refractivity contribution in [3.63, 3.8) is 0 Å². The molecule has 1 rings (SSSR count). The van der Waals surface area contributed by atoms with Gasteiger partial charge < -0.3 is 20.5 Å². The molecule has 0 aliphatic heterocycles. The van der Waals surface area contributed by atoms with E-state index in [0.717, 1.165) is 6.07 Å². The van der Waals surface area contributed by atoms with Crippen LogP contribution in [-0.4, -0.2) is 28.5 Å². The Balaban J connectivity index is 2.89. The maximum atomic E-state index is 13.3. The topological polar surface area (TPSA) is 75.7 Å². The van der Waals surface area contributed by atoms with Gasteiger partial charge in [-0.3, -0.25) is 0 Å². The summed E-state index contributed by atoms with van der Waals surface area (Å²) in [5.41, 5.74) is 3.46. The van der Waals surface area contributed by atoms with E-state index in [4.69, 9.17) is 10.4 Å². The third-order valence-corrected chi connectivity index (χ3v) is 3.19. The van der Waals surface area contributed by atoms with Gasteiger partial charge in [-0.05, 0) is 45.3 Å². The minimum absolute atomic E-state index is 0.00713. The Morgan fingerprint density at radius 1 is 1.28 bits per heavy atom. The highest BCUT2D eigenvalue weighted by Gasteiger charge is 2.39. The average Bonchev–Trinajstić information content (AvgIpc) is 2.19. The number of nitrogen functional groups attached to an aromatic ring is 1. The van der Waals surface area contributed by atoms with Gasteiger partial charge in [0, 0.05) is 0 Å². The molecule has 0 radical (unpaired) electrons. The number of hydrogen-bond acceptors (Lipinski definition) is 4. The number of hydrogen-bond donors (Lipinski definition) is 3. The molecule has 0 amide bonds. The zero-order valence-electron chi connectivity index (χ0n) is 11.1. The van der Waals surface area contributed by atoms with E-state index in [1.165, 1.54) is 12.1 Å². The molecule has 0 aliphatic rings. The van der Waals surface area contributed by atoms with E-state index >= 15 is 0 Å². The van der Waals surface area contributed by atoms with Crippen LogP contribution in [0.5, 0.6) is 0 Å². The quantitative estimate of drug-likeness (QED) is 0.545. The third kappa shape index (κ3) is 3.22. The summed E-state index contributed by atoms with van der Waals surface area (Å²) in [5.74, 6) is -0.615. The number of aliphatic hydroxyl groups is 1. The fourth-order valence-corrected chi connectivity index (χ4v) is 1.19. The molecule has 0 saturated heterocycles. The van der Waals surface area contributed by atoms with Gasteiger partial charge in [-0.15, -0.1) is 0 Å². The van der Waals surface area contributed by atoms with Gasteiger partial charge in [-0.1, -0.05) is 6.07 Å². The smallest absolute Gasteiger partial charge is 0.423 e. The fourth-order valence-electron chi connectivity index (χ4n) is 1.19. The molecule has 4 N–H and O–H groups in total. The number of halogens is 1. The van der Waals surface area contributed by atoms with Crippen molar-refractivity contribution in [1.82, 2.24) is 0 Å². The highest BCUT2D eigenvalue weighted by Crippen LogP contribution is 2.25. The van der Waals surface area contributed by atoms with E-state index in [2.05, 4.69) is 0 Å². The summed E-state index contributed by atoms with van der Waals surface area (Å²) in [6.07, 6.45) is 0. The van der Waals surface area contributed by atoms with E-state index in [9.17, 15) is 14.5 Å².